The Hall–Kier alpha value is -4.54. The summed E-state index contributed by atoms with van der Waals surface area (Å²) in [6.45, 7) is 1.58. The Labute approximate surface area is 207 Å². The van der Waals surface area contributed by atoms with E-state index in [2.05, 4.69) is 10.6 Å². The molecule has 1 saturated heterocycles. The number of hydrogen-bond acceptors (Lipinski definition) is 7. The lowest BCUT2D eigenvalue weighted by molar-refractivity contribution is -0.384. The molecule has 0 aromatic heterocycles. The van der Waals surface area contributed by atoms with Gasteiger partial charge in [0.1, 0.15) is 11.7 Å². The number of esters is 1. The molecule has 2 aromatic carbocycles. The van der Waals surface area contributed by atoms with Gasteiger partial charge in [-0.05, 0) is 17.2 Å². The molecule has 0 spiro atoms. The van der Waals surface area contributed by atoms with Crippen LogP contribution in [0.25, 0.3) is 6.08 Å². The normalized spacial score (nSPS) is 15.6. The van der Waals surface area contributed by atoms with Crippen molar-refractivity contribution in [1.82, 2.24) is 15.5 Å². The second-order valence-corrected chi connectivity index (χ2v) is 8.06. The van der Waals surface area contributed by atoms with Crippen LogP contribution in [0, 0.1) is 10.1 Å². The summed E-state index contributed by atoms with van der Waals surface area (Å²) in [7, 11) is 0. The van der Waals surface area contributed by atoms with Crippen molar-refractivity contribution in [2.24, 2.45) is 0 Å². The highest BCUT2D eigenvalue weighted by Crippen LogP contribution is 2.18. The Morgan fingerprint density at radius 2 is 1.94 bits per heavy atom. The second-order valence-electron chi connectivity index (χ2n) is 8.06. The lowest BCUT2D eigenvalue weighted by Gasteiger charge is -2.35. The molecule has 0 saturated carbocycles. The molecule has 2 N–H and O–H groups in total. The number of rotatable bonds is 9. The minimum atomic E-state index is -1.14. The molecule has 1 unspecified atom stereocenters. The first kappa shape index (κ1) is 26.1. The highest BCUT2D eigenvalue weighted by Gasteiger charge is 2.36. The summed E-state index contributed by atoms with van der Waals surface area (Å²) >= 11 is 0. The number of nitro benzene ring substituents is 1. The van der Waals surface area contributed by atoms with Crippen molar-refractivity contribution >= 4 is 35.5 Å². The highest BCUT2D eigenvalue weighted by molar-refractivity contribution is 6.03. The zero-order valence-electron chi connectivity index (χ0n) is 19.6. The van der Waals surface area contributed by atoms with Gasteiger partial charge in [0.2, 0.25) is 11.8 Å². The van der Waals surface area contributed by atoms with Gasteiger partial charge in [-0.25, -0.2) is 0 Å². The first-order valence-corrected chi connectivity index (χ1v) is 11.3. The maximum absolute atomic E-state index is 13.4. The number of non-ortho nitro benzene ring substituents is 1. The zero-order valence-corrected chi connectivity index (χ0v) is 19.6. The van der Waals surface area contributed by atoms with Gasteiger partial charge in [0.15, 0.2) is 0 Å². The van der Waals surface area contributed by atoms with Crippen LogP contribution >= 0.6 is 0 Å². The molecule has 1 atom stereocenters. The number of ether oxygens (including phenoxy) is 1. The molecule has 0 radical (unpaired) electrons. The molecule has 3 amide bonds. The summed E-state index contributed by atoms with van der Waals surface area (Å²) in [4.78, 5) is 61.9. The predicted molar refractivity (Wildman–Crippen MR) is 129 cm³/mol. The molecule has 11 nitrogen and oxygen atoms in total. The molecule has 3 rings (SSSR count). The van der Waals surface area contributed by atoms with Crippen molar-refractivity contribution in [3.05, 3.63) is 81.5 Å². The molecule has 2 aromatic rings. The smallest absolute Gasteiger partial charge is 0.308 e. The molecule has 1 fully saturated rings. The van der Waals surface area contributed by atoms with E-state index in [1.54, 1.807) is 0 Å². The zero-order chi connectivity index (χ0) is 26.1. The molecule has 0 aliphatic carbocycles. The summed E-state index contributed by atoms with van der Waals surface area (Å²) in [5.41, 5.74) is 0.926. The number of nitrogens with zero attached hydrogens (tertiary/aromatic N) is 2. The van der Waals surface area contributed by atoms with Gasteiger partial charge in [-0.15, -0.1) is 0 Å². The van der Waals surface area contributed by atoms with E-state index >= 15 is 0 Å². The van der Waals surface area contributed by atoms with Crippen LogP contribution in [0.15, 0.2) is 60.3 Å². The van der Waals surface area contributed by atoms with Crippen molar-refractivity contribution in [2.75, 3.05) is 19.7 Å². The molecular weight excluding hydrogens is 468 g/mol. The Morgan fingerprint density at radius 3 is 2.64 bits per heavy atom. The van der Waals surface area contributed by atoms with Gasteiger partial charge in [-0.2, -0.15) is 0 Å². The van der Waals surface area contributed by atoms with E-state index in [1.165, 1.54) is 42.2 Å². The van der Waals surface area contributed by atoms with Crippen molar-refractivity contribution in [3.63, 3.8) is 0 Å². The van der Waals surface area contributed by atoms with E-state index in [0.717, 1.165) is 5.56 Å². The Kier molecular flexibility index (Phi) is 8.87. The van der Waals surface area contributed by atoms with Gasteiger partial charge in [-0.3, -0.25) is 29.3 Å². The SMILES string of the molecule is CC(=O)N/C(=C\c1cccc([N+](=O)[O-])c1)C(=O)N1CCNC(=O)C1CC(=O)OCCc1ccccc1. The monoisotopic (exact) mass is 494 g/mol. The van der Waals surface area contributed by atoms with Crippen LogP contribution in [0.1, 0.15) is 24.5 Å². The largest absolute Gasteiger partial charge is 0.465 e. The second kappa shape index (κ2) is 12.2. The van der Waals surface area contributed by atoms with Gasteiger partial charge in [0.25, 0.3) is 11.6 Å². The van der Waals surface area contributed by atoms with Crippen LogP contribution < -0.4 is 10.6 Å². The molecule has 1 aliphatic rings. The van der Waals surface area contributed by atoms with Crippen molar-refractivity contribution in [2.45, 2.75) is 25.8 Å². The molecule has 1 aliphatic heterocycles. The number of nitrogens with one attached hydrogen (secondary N) is 2. The maximum Gasteiger partial charge on any atom is 0.308 e. The summed E-state index contributed by atoms with van der Waals surface area (Å²) < 4.78 is 5.28. The number of amides is 3. The van der Waals surface area contributed by atoms with E-state index in [1.807, 2.05) is 30.3 Å². The van der Waals surface area contributed by atoms with Crippen LogP contribution in [-0.2, 0) is 30.3 Å². The number of nitro groups is 1. The standard InChI is InChI=1S/C25H26N4O7/c1-17(30)27-21(15-19-8-5-9-20(14-19)29(34)35)25(33)28-12-11-26-24(32)22(28)16-23(31)36-13-10-18-6-3-2-4-7-18/h2-9,14-15,22H,10-13,16H2,1H3,(H,26,32)(H,27,30)/b21-15-. The third kappa shape index (κ3) is 7.23. The molecule has 11 heteroatoms. The first-order chi connectivity index (χ1) is 17.2. The Bertz CT molecular complexity index is 1180. The Balaban J connectivity index is 1.75. The van der Waals surface area contributed by atoms with Gasteiger partial charge in [0, 0.05) is 38.6 Å². The Morgan fingerprint density at radius 1 is 1.19 bits per heavy atom. The van der Waals surface area contributed by atoms with Crippen LogP contribution in [0.3, 0.4) is 0 Å². The fraction of sp³-hybridized carbons (Fsp3) is 0.280. The minimum Gasteiger partial charge on any atom is -0.465 e. The topological polar surface area (TPSA) is 148 Å². The van der Waals surface area contributed by atoms with Crippen molar-refractivity contribution < 1.29 is 28.8 Å². The molecular formula is C25H26N4O7. The summed E-state index contributed by atoms with van der Waals surface area (Å²) in [6.07, 6.45) is 1.43. The van der Waals surface area contributed by atoms with Crippen molar-refractivity contribution in [3.8, 4) is 0 Å². The van der Waals surface area contributed by atoms with Gasteiger partial charge < -0.3 is 20.3 Å². The van der Waals surface area contributed by atoms with E-state index in [-0.39, 0.29) is 37.5 Å². The fourth-order valence-corrected chi connectivity index (χ4v) is 3.70. The number of carbonyl (C=O) groups is 4. The lowest BCUT2D eigenvalue weighted by Crippen LogP contribution is -2.58. The van der Waals surface area contributed by atoms with Gasteiger partial charge in [-0.1, -0.05) is 42.5 Å². The third-order valence-corrected chi connectivity index (χ3v) is 5.38. The predicted octanol–water partition coefficient (Wildman–Crippen LogP) is 1.57. The molecule has 1 heterocycles. The molecule has 188 valence electrons. The molecule has 0 bridgehead atoms. The summed E-state index contributed by atoms with van der Waals surface area (Å²) in [5, 5.41) is 16.1. The molecule has 36 heavy (non-hydrogen) atoms. The number of carbonyl (C=O) groups excluding carboxylic acids is 4. The van der Waals surface area contributed by atoms with Crippen LogP contribution in [-0.4, -0.2) is 59.3 Å². The van der Waals surface area contributed by atoms with E-state index < -0.39 is 34.7 Å². The number of piperazine rings is 1. The third-order valence-electron chi connectivity index (χ3n) is 5.38. The van der Waals surface area contributed by atoms with E-state index in [9.17, 15) is 29.3 Å². The van der Waals surface area contributed by atoms with Gasteiger partial charge >= 0.3 is 5.97 Å². The van der Waals surface area contributed by atoms with Crippen molar-refractivity contribution in [1.29, 1.82) is 0 Å². The van der Waals surface area contributed by atoms with E-state index in [4.69, 9.17) is 4.74 Å². The minimum absolute atomic E-state index is 0.0956. The van der Waals surface area contributed by atoms with E-state index in [0.29, 0.717) is 12.0 Å². The first-order valence-electron chi connectivity index (χ1n) is 11.3. The van der Waals surface area contributed by atoms with Gasteiger partial charge in [0.05, 0.1) is 18.0 Å². The van der Waals surface area contributed by atoms with Crippen LogP contribution in [0.4, 0.5) is 5.69 Å². The average molecular weight is 495 g/mol. The summed E-state index contributed by atoms with van der Waals surface area (Å²) in [6, 6.07) is 13.8. The highest BCUT2D eigenvalue weighted by atomic mass is 16.6. The summed E-state index contributed by atoms with van der Waals surface area (Å²) in [5.74, 6) is -2.41. The van der Waals surface area contributed by atoms with Crippen LogP contribution in [0.2, 0.25) is 0 Å². The quantitative estimate of drug-likeness (QED) is 0.233. The maximum atomic E-state index is 13.4. The number of benzene rings is 2. The lowest BCUT2D eigenvalue weighted by atomic mass is 10.1. The number of hydrogen-bond donors (Lipinski definition) is 2. The fourth-order valence-electron chi connectivity index (χ4n) is 3.70. The average Bonchev–Trinajstić information content (AvgIpc) is 2.85. The van der Waals surface area contributed by atoms with Crippen LogP contribution in [0.5, 0.6) is 0 Å².